The van der Waals surface area contributed by atoms with Gasteiger partial charge in [0.1, 0.15) is 12.4 Å². The Balaban J connectivity index is 1.99. The summed E-state index contributed by atoms with van der Waals surface area (Å²) >= 11 is 0. The molecule has 0 aromatic heterocycles. The summed E-state index contributed by atoms with van der Waals surface area (Å²) in [6, 6.07) is 12.2. The average Bonchev–Trinajstić information content (AvgIpc) is 2.50. The summed E-state index contributed by atoms with van der Waals surface area (Å²) in [6.45, 7) is 2.70. The van der Waals surface area contributed by atoms with Crippen LogP contribution in [-0.4, -0.2) is 33.5 Å². The first-order chi connectivity index (χ1) is 9.86. The molecule has 0 saturated carbocycles. The third-order valence-corrected chi connectivity index (χ3v) is 3.12. The highest BCUT2D eigenvalue weighted by Crippen LogP contribution is 2.27. The Kier molecular flexibility index (Phi) is 5.80. The Bertz CT molecular complexity index is 542. The molecule has 4 nitrogen and oxygen atoms in total. The molecular formula is C16H21NO3. The minimum Gasteiger partial charge on any atom is -0.491 e. The van der Waals surface area contributed by atoms with Gasteiger partial charge in [0.25, 0.3) is 0 Å². The molecule has 4 heteroatoms. The molecule has 108 valence electrons. The van der Waals surface area contributed by atoms with E-state index in [1.807, 2.05) is 18.2 Å². The minimum absolute atomic E-state index is 0.460. The van der Waals surface area contributed by atoms with Crippen LogP contribution in [0.25, 0.3) is 10.8 Å². The maximum Gasteiger partial charge on any atom is 0.124 e. The zero-order valence-corrected chi connectivity index (χ0v) is 11.8. The summed E-state index contributed by atoms with van der Waals surface area (Å²) in [7, 11) is 1.66. The van der Waals surface area contributed by atoms with Crippen molar-refractivity contribution in [3.05, 3.63) is 42.0 Å². The second-order valence-corrected chi connectivity index (χ2v) is 4.42. The maximum atomic E-state index is 5.86. The molecule has 0 atom stereocenters. The summed E-state index contributed by atoms with van der Waals surface area (Å²) in [5.74, 6) is 0.835. The number of hydrogen-bond acceptors (Lipinski definition) is 4. The first kappa shape index (κ1) is 14.8. The zero-order chi connectivity index (χ0) is 14.2. The normalized spacial score (nSPS) is 10.9. The summed E-state index contributed by atoms with van der Waals surface area (Å²) in [5, 5.41) is 2.32. The van der Waals surface area contributed by atoms with Crippen molar-refractivity contribution in [2.75, 3.05) is 33.5 Å². The zero-order valence-electron chi connectivity index (χ0n) is 11.8. The highest BCUT2D eigenvalue weighted by Gasteiger charge is 2.07. The smallest absolute Gasteiger partial charge is 0.124 e. The van der Waals surface area contributed by atoms with Gasteiger partial charge in [-0.15, -0.1) is 0 Å². The number of nitrogens with two attached hydrogens (primary N) is 1. The van der Waals surface area contributed by atoms with E-state index in [9.17, 15) is 0 Å². The van der Waals surface area contributed by atoms with Crippen LogP contribution in [0.1, 0.15) is 5.56 Å². The number of ether oxygens (including phenoxy) is 3. The Morgan fingerprint density at radius 1 is 0.950 bits per heavy atom. The molecule has 0 aliphatic heterocycles. The predicted molar refractivity (Wildman–Crippen MR) is 80.0 cm³/mol. The third-order valence-electron chi connectivity index (χ3n) is 3.12. The van der Waals surface area contributed by atoms with Crippen molar-refractivity contribution >= 4 is 10.8 Å². The molecule has 0 saturated heterocycles. The lowest BCUT2D eigenvalue weighted by Crippen LogP contribution is -2.11. The van der Waals surface area contributed by atoms with E-state index < -0.39 is 0 Å². The number of benzene rings is 2. The first-order valence-corrected chi connectivity index (χ1v) is 6.77. The van der Waals surface area contributed by atoms with Crippen LogP contribution in [0.3, 0.4) is 0 Å². The molecule has 20 heavy (non-hydrogen) atoms. The molecule has 2 aromatic rings. The van der Waals surface area contributed by atoms with E-state index in [-0.39, 0.29) is 0 Å². The Morgan fingerprint density at radius 2 is 1.75 bits per heavy atom. The van der Waals surface area contributed by atoms with E-state index in [4.69, 9.17) is 19.9 Å². The van der Waals surface area contributed by atoms with Crippen LogP contribution >= 0.6 is 0 Å². The Morgan fingerprint density at radius 3 is 2.55 bits per heavy atom. The second kappa shape index (κ2) is 7.85. The van der Waals surface area contributed by atoms with Crippen LogP contribution in [-0.2, 0) is 16.0 Å². The molecule has 0 spiro atoms. The third kappa shape index (κ3) is 3.70. The molecule has 0 unspecified atom stereocenters. The van der Waals surface area contributed by atoms with Crippen molar-refractivity contribution < 1.29 is 14.2 Å². The van der Waals surface area contributed by atoms with Crippen LogP contribution in [0.5, 0.6) is 5.75 Å². The predicted octanol–water partition coefficient (Wildman–Crippen LogP) is 2.34. The quantitative estimate of drug-likeness (QED) is 0.751. The van der Waals surface area contributed by atoms with Crippen LogP contribution in [0.4, 0.5) is 0 Å². The van der Waals surface area contributed by atoms with E-state index in [1.54, 1.807) is 7.11 Å². The average molecular weight is 275 g/mol. The highest BCUT2D eigenvalue weighted by atomic mass is 16.5. The van der Waals surface area contributed by atoms with Crippen LogP contribution < -0.4 is 10.5 Å². The molecule has 0 aliphatic rings. The fourth-order valence-corrected chi connectivity index (χ4v) is 2.12. The lowest BCUT2D eigenvalue weighted by atomic mass is 10.0. The van der Waals surface area contributed by atoms with Crippen molar-refractivity contribution in [1.29, 1.82) is 0 Å². The Hall–Kier alpha value is -1.62. The van der Waals surface area contributed by atoms with Gasteiger partial charge in [-0.1, -0.05) is 30.3 Å². The summed E-state index contributed by atoms with van der Waals surface area (Å²) < 4.78 is 16.1. The molecule has 0 heterocycles. The van der Waals surface area contributed by atoms with Crippen molar-refractivity contribution in [2.45, 2.75) is 6.54 Å². The van der Waals surface area contributed by atoms with Crippen LogP contribution in [0.15, 0.2) is 36.4 Å². The van der Waals surface area contributed by atoms with Gasteiger partial charge in [-0.25, -0.2) is 0 Å². The molecule has 2 N–H and O–H groups in total. The van der Waals surface area contributed by atoms with E-state index in [2.05, 4.69) is 18.2 Å². The molecular weight excluding hydrogens is 254 g/mol. The van der Waals surface area contributed by atoms with Crippen LogP contribution in [0, 0.1) is 0 Å². The standard InChI is InChI=1S/C16H21NO3/c1-18-8-9-19-10-11-20-16-7-6-13-4-2-3-5-14(13)15(16)12-17/h2-7H,8-12,17H2,1H3. The molecule has 0 aliphatic carbocycles. The molecule has 2 aromatic carbocycles. The molecule has 2 rings (SSSR count). The van der Waals surface area contributed by atoms with Gasteiger partial charge in [0.05, 0.1) is 19.8 Å². The van der Waals surface area contributed by atoms with Gasteiger partial charge in [0.15, 0.2) is 0 Å². The van der Waals surface area contributed by atoms with Crippen molar-refractivity contribution in [1.82, 2.24) is 0 Å². The van der Waals surface area contributed by atoms with Gasteiger partial charge < -0.3 is 19.9 Å². The van der Waals surface area contributed by atoms with Crippen LogP contribution in [0.2, 0.25) is 0 Å². The summed E-state index contributed by atoms with van der Waals surface area (Å²) in [5.41, 5.74) is 6.90. The molecule has 0 radical (unpaired) electrons. The fraction of sp³-hybridized carbons (Fsp3) is 0.375. The van der Waals surface area contributed by atoms with Gasteiger partial charge in [0.2, 0.25) is 0 Å². The number of rotatable bonds is 8. The van der Waals surface area contributed by atoms with Gasteiger partial charge in [0, 0.05) is 19.2 Å². The van der Waals surface area contributed by atoms with E-state index >= 15 is 0 Å². The van der Waals surface area contributed by atoms with Crippen molar-refractivity contribution in [3.8, 4) is 5.75 Å². The second-order valence-electron chi connectivity index (χ2n) is 4.42. The summed E-state index contributed by atoms with van der Waals surface area (Å²) in [4.78, 5) is 0. The first-order valence-electron chi connectivity index (χ1n) is 6.77. The van der Waals surface area contributed by atoms with E-state index in [0.717, 1.165) is 16.7 Å². The summed E-state index contributed by atoms with van der Waals surface area (Å²) in [6.07, 6.45) is 0. The minimum atomic E-state index is 0.460. The van der Waals surface area contributed by atoms with Crippen molar-refractivity contribution in [2.24, 2.45) is 5.73 Å². The fourth-order valence-electron chi connectivity index (χ4n) is 2.12. The van der Waals surface area contributed by atoms with Gasteiger partial charge >= 0.3 is 0 Å². The van der Waals surface area contributed by atoms with Crippen molar-refractivity contribution in [3.63, 3.8) is 0 Å². The number of hydrogen-bond donors (Lipinski definition) is 1. The molecule has 0 fully saturated rings. The van der Waals surface area contributed by atoms with E-state index in [0.29, 0.717) is 33.0 Å². The van der Waals surface area contributed by atoms with Gasteiger partial charge in [-0.05, 0) is 16.8 Å². The SMILES string of the molecule is COCCOCCOc1ccc2ccccc2c1CN. The number of methoxy groups -OCH3 is 1. The monoisotopic (exact) mass is 275 g/mol. The Labute approximate surface area is 119 Å². The number of fused-ring (bicyclic) bond motifs is 1. The lowest BCUT2D eigenvalue weighted by Gasteiger charge is -2.13. The largest absolute Gasteiger partial charge is 0.491 e. The van der Waals surface area contributed by atoms with Gasteiger partial charge in [-0.2, -0.15) is 0 Å². The topological polar surface area (TPSA) is 53.7 Å². The lowest BCUT2D eigenvalue weighted by molar-refractivity contribution is 0.0543. The van der Waals surface area contributed by atoms with Gasteiger partial charge in [-0.3, -0.25) is 0 Å². The molecule has 0 amide bonds. The molecule has 0 bridgehead atoms. The maximum absolute atomic E-state index is 5.86. The van der Waals surface area contributed by atoms with E-state index in [1.165, 1.54) is 5.39 Å². The highest BCUT2D eigenvalue weighted by molar-refractivity contribution is 5.87.